The van der Waals surface area contributed by atoms with Crippen molar-refractivity contribution in [2.24, 2.45) is 0 Å². The summed E-state index contributed by atoms with van der Waals surface area (Å²) in [5.74, 6) is 0. The van der Waals surface area contributed by atoms with Crippen molar-refractivity contribution >= 4 is 28.2 Å². The average Bonchev–Trinajstić information content (AvgIpc) is 2.58. The molecule has 0 spiro atoms. The van der Waals surface area contributed by atoms with Gasteiger partial charge in [0, 0.05) is 30.2 Å². The molecule has 6 heteroatoms. The van der Waals surface area contributed by atoms with E-state index in [0.717, 1.165) is 36.0 Å². The van der Waals surface area contributed by atoms with E-state index in [4.69, 9.17) is 12.2 Å². The molecule has 1 heterocycles. The number of thiocarbonyl (C=S) groups is 1. The number of aromatic amines is 1. The van der Waals surface area contributed by atoms with Crippen LogP contribution in [0.4, 0.5) is 0 Å². The Hall–Kier alpha value is -1.92. The van der Waals surface area contributed by atoms with Gasteiger partial charge in [-0.05, 0) is 70.2 Å². The van der Waals surface area contributed by atoms with Crippen LogP contribution in [0.15, 0.2) is 29.1 Å². The third-order valence-corrected chi connectivity index (χ3v) is 4.90. The first-order valence-electron chi connectivity index (χ1n) is 9.13. The van der Waals surface area contributed by atoms with Crippen LogP contribution < -0.4 is 10.9 Å². The average molecular weight is 375 g/mol. The van der Waals surface area contributed by atoms with Gasteiger partial charge < -0.3 is 20.1 Å². The van der Waals surface area contributed by atoms with Crippen LogP contribution in [0.5, 0.6) is 0 Å². The molecule has 0 unspecified atom stereocenters. The number of aryl methyl sites for hydroxylation is 1. The summed E-state index contributed by atoms with van der Waals surface area (Å²) in [6.45, 7) is 8.42. The quantitative estimate of drug-likeness (QED) is 0.730. The van der Waals surface area contributed by atoms with E-state index in [-0.39, 0.29) is 5.56 Å². The second-order valence-corrected chi connectivity index (χ2v) is 7.58. The van der Waals surface area contributed by atoms with Gasteiger partial charge in [-0.3, -0.25) is 4.79 Å². The molecule has 5 nitrogen and oxygen atoms in total. The zero-order chi connectivity index (χ0) is 19.3. The normalized spacial score (nSPS) is 12.4. The molecule has 26 heavy (non-hydrogen) atoms. The van der Waals surface area contributed by atoms with E-state index >= 15 is 0 Å². The lowest BCUT2D eigenvalue weighted by Crippen LogP contribution is -2.46. The minimum Gasteiger partial charge on any atom is -0.360 e. The highest BCUT2D eigenvalue weighted by atomic mass is 32.1. The van der Waals surface area contributed by atoms with E-state index in [9.17, 15) is 4.79 Å². The molecule has 0 aliphatic carbocycles. The summed E-state index contributed by atoms with van der Waals surface area (Å²) < 4.78 is 0. The van der Waals surface area contributed by atoms with Crippen LogP contribution in [-0.4, -0.2) is 53.1 Å². The molecule has 0 radical (unpaired) electrons. The minimum atomic E-state index is -0.0532. The summed E-state index contributed by atoms with van der Waals surface area (Å²) in [7, 11) is 4.07. The van der Waals surface area contributed by atoms with Crippen LogP contribution in [0.1, 0.15) is 31.4 Å². The second-order valence-electron chi connectivity index (χ2n) is 7.20. The highest BCUT2D eigenvalue weighted by Gasteiger charge is 2.15. The molecule has 0 fully saturated rings. The molecular formula is C20H30N4OS. The molecule has 0 saturated heterocycles. The molecule has 0 saturated carbocycles. The summed E-state index contributed by atoms with van der Waals surface area (Å²) in [4.78, 5) is 19.7. The van der Waals surface area contributed by atoms with Gasteiger partial charge in [-0.15, -0.1) is 0 Å². The topological polar surface area (TPSA) is 51.4 Å². The maximum atomic E-state index is 12.5. The predicted octanol–water partition coefficient (Wildman–Crippen LogP) is 2.87. The van der Waals surface area contributed by atoms with E-state index in [1.807, 2.05) is 32.3 Å². The summed E-state index contributed by atoms with van der Waals surface area (Å²) in [6, 6.07) is 8.34. The molecule has 0 aliphatic rings. The Labute approximate surface area is 161 Å². The SMILES string of the molecule is CC[C@@H](C)NC(=S)N(CCN(C)C)Cc1cc2cc(C)ccc2[nH]c1=O. The number of nitrogens with one attached hydrogen (secondary N) is 2. The van der Waals surface area contributed by atoms with Crippen LogP contribution >= 0.6 is 12.2 Å². The Bertz CT molecular complexity index is 815. The maximum absolute atomic E-state index is 12.5. The number of hydrogen-bond acceptors (Lipinski definition) is 3. The number of H-pyrrole nitrogens is 1. The third kappa shape index (κ3) is 5.54. The third-order valence-electron chi connectivity index (χ3n) is 4.52. The zero-order valence-electron chi connectivity index (χ0n) is 16.4. The van der Waals surface area contributed by atoms with Crippen LogP contribution in [0, 0.1) is 6.92 Å². The van der Waals surface area contributed by atoms with Crippen molar-refractivity contribution < 1.29 is 0 Å². The lowest BCUT2D eigenvalue weighted by atomic mass is 10.1. The van der Waals surface area contributed by atoms with Crippen molar-refractivity contribution in [2.45, 2.75) is 39.8 Å². The van der Waals surface area contributed by atoms with E-state index in [1.54, 1.807) is 0 Å². The highest BCUT2D eigenvalue weighted by Crippen LogP contribution is 2.14. The number of pyridine rings is 1. The fourth-order valence-corrected chi connectivity index (χ4v) is 3.03. The molecule has 142 valence electrons. The fourth-order valence-electron chi connectivity index (χ4n) is 2.67. The lowest BCUT2D eigenvalue weighted by molar-refractivity contribution is 0.319. The van der Waals surface area contributed by atoms with Gasteiger partial charge in [-0.2, -0.15) is 0 Å². The Morgan fingerprint density at radius 1 is 1.27 bits per heavy atom. The number of hydrogen-bond donors (Lipinski definition) is 2. The minimum absolute atomic E-state index is 0.0532. The van der Waals surface area contributed by atoms with Crippen molar-refractivity contribution in [1.82, 2.24) is 20.1 Å². The smallest absolute Gasteiger partial charge is 0.253 e. The first kappa shape index (κ1) is 20.4. The zero-order valence-corrected chi connectivity index (χ0v) is 17.2. The molecule has 0 bridgehead atoms. The van der Waals surface area contributed by atoms with Crippen molar-refractivity contribution in [1.29, 1.82) is 0 Å². The Balaban J connectivity index is 2.28. The summed E-state index contributed by atoms with van der Waals surface area (Å²) >= 11 is 5.61. The van der Waals surface area contributed by atoms with Gasteiger partial charge in [0.1, 0.15) is 0 Å². The molecule has 1 aromatic carbocycles. The molecule has 2 aromatic rings. The second kappa shape index (κ2) is 9.14. The number of benzene rings is 1. The Morgan fingerprint density at radius 2 is 2.00 bits per heavy atom. The standard InChI is InChI=1S/C20H30N4OS/c1-6-15(3)21-20(26)24(10-9-23(4)5)13-17-12-16-11-14(2)7-8-18(16)22-19(17)25/h7-8,11-12,15H,6,9-10,13H2,1-5H3,(H,21,26)(H,22,25)/t15-/m1/s1. The van der Waals surface area contributed by atoms with Crippen molar-refractivity contribution in [2.75, 3.05) is 27.2 Å². The van der Waals surface area contributed by atoms with Crippen molar-refractivity contribution in [3.63, 3.8) is 0 Å². The maximum Gasteiger partial charge on any atom is 0.253 e. The molecular weight excluding hydrogens is 344 g/mol. The highest BCUT2D eigenvalue weighted by molar-refractivity contribution is 7.80. The number of rotatable bonds is 7. The van der Waals surface area contributed by atoms with Crippen LogP contribution in [-0.2, 0) is 6.54 Å². The first-order valence-corrected chi connectivity index (χ1v) is 9.53. The summed E-state index contributed by atoms with van der Waals surface area (Å²) in [5.41, 5.74) is 2.72. The van der Waals surface area contributed by atoms with Gasteiger partial charge >= 0.3 is 0 Å². The van der Waals surface area contributed by atoms with Gasteiger partial charge in [0.25, 0.3) is 5.56 Å². The molecule has 0 aliphatic heterocycles. The largest absolute Gasteiger partial charge is 0.360 e. The van der Waals surface area contributed by atoms with Gasteiger partial charge in [-0.25, -0.2) is 0 Å². The number of nitrogens with zero attached hydrogens (tertiary/aromatic N) is 2. The number of fused-ring (bicyclic) bond motifs is 1. The van der Waals surface area contributed by atoms with E-state index in [0.29, 0.717) is 17.7 Å². The number of likely N-dealkylation sites (N-methyl/N-ethyl adjacent to an activating group) is 1. The van der Waals surface area contributed by atoms with E-state index < -0.39 is 0 Å². The van der Waals surface area contributed by atoms with Gasteiger partial charge in [-0.1, -0.05) is 18.6 Å². The fraction of sp³-hybridized carbons (Fsp3) is 0.500. The Kier molecular flexibility index (Phi) is 7.17. The Morgan fingerprint density at radius 3 is 2.65 bits per heavy atom. The summed E-state index contributed by atoms with van der Waals surface area (Å²) in [5, 5.41) is 5.11. The molecule has 1 aromatic heterocycles. The van der Waals surface area contributed by atoms with E-state index in [1.165, 1.54) is 5.56 Å². The predicted molar refractivity (Wildman–Crippen MR) is 114 cm³/mol. The number of aromatic nitrogens is 1. The van der Waals surface area contributed by atoms with Crippen molar-refractivity contribution in [3.05, 3.63) is 45.7 Å². The van der Waals surface area contributed by atoms with Crippen LogP contribution in [0.3, 0.4) is 0 Å². The molecule has 1 atom stereocenters. The molecule has 0 amide bonds. The molecule has 2 N–H and O–H groups in total. The van der Waals surface area contributed by atoms with Crippen LogP contribution in [0.2, 0.25) is 0 Å². The van der Waals surface area contributed by atoms with E-state index in [2.05, 4.69) is 46.9 Å². The monoisotopic (exact) mass is 374 g/mol. The van der Waals surface area contributed by atoms with Crippen molar-refractivity contribution in [3.8, 4) is 0 Å². The summed E-state index contributed by atoms with van der Waals surface area (Å²) in [6.07, 6.45) is 0.998. The molecule has 2 rings (SSSR count). The van der Waals surface area contributed by atoms with Gasteiger partial charge in [0.15, 0.2) is 5.11 Å². The van der Waals surface area contributed by atoms with Crippen LogP contribution in [0.25, 0.3) is 10.9 Å². The van der Waals surface area contributed by atoms with Gasteiger partial charge in [0.05, 0.1) is 6.54 Å². The first-order chi connectivity index (χ1) is 12.3. The lowest BCUT2D eigenvalue weighted by Gasteiger charge is -2.29. The van der Waals surface area contributed by atoms with Gasteiger partial charge in [0.2, 0.25) is 0 Å².